The highest BCUT2D eigenvalue weighted by atomic mass is 16.2. The quantitative estimate of drug-likeness (QED) is 0.419. The molecule has 0 saturated heterocycles. The number of hydrogen-bond acceptors (Lipinski definition) is 1. The predicted octanol–water partition coefficient (Wildman–Crippen LogP) is 3.47. The van der Waals surface area contributed by atoms with E-state index in [9.17, 15) is 0 Å². The van der Waals surface area contributed by atoms with Gasteiger partial charge in [0.25, 0.3) is 0 Å². The molecule has 1 nitrogen and oxygen atoms in total. The van der Waals surface area contributed by atoms with E-state index >= 15 is 0 Å². The summed E-state index contributed by atoms with van der Waals surface area (Å²) in [6, 6.07) is 0. The minimum Gasteiger partial charge on any atom is -0.396 e. The van der Waals surface area contributed by atoms with Crippen molar-refractivity contribution in [1.29, 1.82) is 0 Å². The van der Waals surface area contributed by atoms with Crippen molar-refractivity contribution in [2.45, 2.75) is 70.5 Å². The fourth-order valence-corrected chi connectivity index (χ4v) is 1.67. The Morgan fingerprint density at radius 3 is 2.07 bits per heavy atom. The topological polar surface area (TPSA) is 20.2 Å². The monoisotopic (exact) mass is 196 g/mol. The molecule has 14 heavy (non-hydrogen) atoms. The summed E-state index contributed by atoms with van der Waals surface area (Å²) in [6.07, 6.45) is 10.9. The number of unbranched alkanes of at least 4 members (excludes halogenated alkanes) is 5. The molecule has 0 amide bonds. The van der Waals surface area contributed by atoms with Crippen molar-refractivity contribution < 1.29 is 5.11 Å². The molecule has 0 aliphatic carbocycles. The average Bonchev–Trinajstić information content (AvgIpc) is 2.18. The number of hydrogen-bond donors (Lipinski definition) is 1. The summed E-state index contributed by atoms with van der Waals surface area (Å²) in [5.41, 5.74) is 0. The van der Waals surface area contributed by atoms with E-state index < -0.39 is 0 Å². The molecule has 0 saturated carbocycles. The van der Waals surface area contributed by atoms with Crippen LogP contribution < -0.4 is 0 Å². The largest absolute Gasteiger partial charge is 0.396 e. The Balaban J connectivity index is 3.06. The highest BCUT2D eigenvalue weighted by molar-refractivity contribution is 6.11. The summed E-state index contributed by atoms with van der Waals surface area (Å²) < 4.78 is 0. The van der Waals surface area contributed by atoms with Crippen LogP contribution in [0.2, 0.25) is 5.82 Å². The Labute approximate surface area is 90.7 Å². The smallest absolute Gasteiger partial charge is 0.0699 e. The van der Waals surface area contributed by atoms with Gasteiger partial charge < -0.3 is 5.11 Å². The van der Waals surface area contributed by atoms with Gasteiger partial charge in [-0.1, -0.05) is 64.1 Å². The van der Waals surface area contributed by atoms with E-state index in [0.29, 0.717) is 12.4 Å². The lowest BCUT2D eigenvalue weighted by Crippen LogP contribution is -1.94. The number of rotatable bonds is 10. The van der Waals surface area contributed by atoms with E-state index in [0.717, 1.165) is 25.7 Å². The van der Waals surface area contributed by atoms with Crippen molar-refractivity contribution in [3.63, 3.8) is 0 Å². The molecule has 0 aromatic rings. The third-order valence-corrected chi connectivity index (χ3v) is 2.66. The van der Waals surface area contributed by atoms with E-state index in [4.69, 9.17) is 13.0 Å². The van der Waals surface area contributed by atoms with Gasteiger partial charge in [-0.2, -0.15) is 0 Å². The molecule has 0 fully saturated rings. The fourth-order valence-electron chi connectivity index (χ4n) is 1.67. The van der Waals surface area contributed by atoms with E-state index in [2.05, 4.69) is 6.92 Å². The van der Waals surface area contributed by atoms with Crippen molar-refractivity contribution in [2.75, 3.05) is 6.61 Å². The summed E-state index contributed by atoms with van der Waals surface area (Å²) >= 11 is 0. The molecule has 0 heterocycles. The summed E-state index contributed by atoms with van der Waals surface area (Å²) in [6.45, 7) is 2.55. The van der Waals surface area contributed by atoms with E-state index in [1.807, 2.05) is 0 Å². The molecular formula is C12H25BO. The van der Waals surface area contributed by atoms with Crippen LogP contribution in [0.1, 0.15) is 64.7 Å². The van der Waals surface area contributed by atoms with Crippen LogP contribution >= 0.6 is 0 Å². The van der Waals surface area contributed by atoms with Crippen LogP contribution in [0.25, 0.3) is 0 Å². The first-order valence-corrected chi connectivity index (χ1v) is 6.17. The maximum absolute atomic E-state index is 8.61. The zero-order chi connectivity index (χ0) is 10.6. The van der Waals surface area contributed by atoms with Crippen LogP contribution in [-0.2, 0) is 0 Å². The second-order valence-electron chi connectivity index (χ2n) is 4.18. The van der Waals surface area contributed by atoms with Gasteiger partial charge in [-0.3, -0.25) is 0 Å². The van der Waals surface area contributed by atoms with Gasteiger partial charge in [-0.25, -0.2) is 0 Å². The van der Waals surface area contributed by atoms with Crippen LogP contribution in [0.5, 0.6) is 0 Å². The van der Waals surface area contributed by atoms with Crippen LogP contribution in [0.3, 0.4) is 0 Å². The lowest BCUT2D eigenvalue weighted by molar-refractivity contribution is 0.282. The fraction of sp³-hybridized carbons (Fsp3) is 1.00. The standard InChI is InChI=1S/C12H25BO/c1-2-3-4-5-6-9-12(13)10-7-8-11-14/h12,14H,2-11H2,1H3. The van der Waals surface area contributed by atoms with Gasteiger partial charge in [0.2, 0.25) is 0 Å². The molecule has 82 valence electrons. The molecule has 2 radical (unpaired) electrons. The number of aliphatic hydroxyl groups excluding tert-OH is 1. The Hall–Kier alpha value is 0.0249. The Morgan fingerprint density at radius 1 is 0.929 bits per heavy atom. The molecule has 0 aliphatic rings. The molecule has 0 bridgehead atoms. The molecule has 1 unspecified atom stereocenters. The molecule has 1 atom stereocenters. The highest BCUT2D eigenvalue weighted by Crippen LogP contribution is 2.19. The third kappa shape index (κ3) is 10.1. The molecule has 0 spiro atoms. The molecular weight excluding hydrogens is 171 g/mol. The van der Waals surface area contributed by atoms with Gasteiger partial charge in [0.15, 0.2) is 0 Å². The third-order valence-electron chi connectivity index (χ3n) is 2.66. The van der Waals surface area contributed by atoms with Crippen molar-refractivity contribution in [1.82, 2.24) is 0 Å². The number of aliphatic hydroxyl groups is 1. The second-order valence-corrected chi connectivity index (χ2v) is 4.18. The normalized spacial score (nSPS) is 13.0. The zero-order valence-electron chi connectivity index (χ0n) is 9.67. The van der Waals surface area contributed by atoms with E-state index in [1.165, 1.54) is 32.1 Å². The second kappa shape index (κ2) is 11.1. The van der Waals surface area contributed by atoms with Gasteiger partial charge in [-0.15, -0.1) is 0 Å². The first-order valence-electron chi connectivity index (χ1n) is 6.17. The summed E-state index contributed by atoms with van der Waals surface area (Å²) in [5.74, 6) is 0.364. The van der Waals surface area contributed by atoms with Gasteiger partial charge in [0.05, 0.1) is 7.85 Å². The first-order chi connectivity index (χ1) is 6.81. The van der Waals surface area contributed by atoms with Crippen molar-refractivity contribution in [3.8, 4) is 0 Å². The Bertz CT molecular complexity index is 106. The van der Waals surface area contributed by atoms with Gasteiger partial charge in [0.1, 0.15) is 0 Å². The maximum atomic E-state index is 8.61. The van der Waals surface area contributed by atoms with Crippen LogP contribution in [0.4, 0.5) is 0 Å². The molecule has 2 heteroatoms. The molecule has 0 aromatic carbocycles. The van der Waals surface area contributed by atoms with Crippen LogP contribution in [0.15, 0.2) is 0 Å². The van der Waals surface area contributed by atoms with Crippen molar-refractivity contribution >= 4 is 7.85 Å². The van der Waals surface area contributed by atoms with Crippen LogP contribution in [-0.4, -0.2) is 19.6 Å². The van der Waals surface area contributed by atoms with Crippen molar-refractivity contribution in [2.24, 2.45) is 0 Å². The Kier molecular flexibility index (Phi) is 11.1. The SMILES string of the molecule is [B]C(CCCCO)CCCCCCC. The predicted molar refractivity (Wildman–Crippen MR) is 63.8 cm³/mol. The Morgan fingerprint density at radius 2 is 1.50 bits per heavy atom. The summed E-state index contributed by atoms with van der Waals surface area (Å²) in [5, 5.41) is 8.61. The minimum absolute atomic E-state index is 0.309. The van der Waals surface area contributed by atoms with Crippen LogP contribution in [0, 0.1) is 0 Å². The molecule has 0 aliphatic heterocycles. The highest BCUT2D eigenvalue weighted by Gasteiger charge is 2.00. The molecule has 0 aromatic heterocycles. The summed E-state index contributed by atoms with van der Waals surface area (Å²) in [4.78, 5) is 0. The van der Waals surface area contributed by atoms with E-state index in [-0.39, 0.29) is 0 Å². The van der Waals surface area contributed by atoms with Gasteiger partial charge >= 0.3 is 0 Å². The average molecular weight is 196 g/mol. The van der Waals surface area contributed by atoms with Crippen molar-refractivity contribution in [3.05, 3.63) is 0 Å². The zero-order valence-corrected chi connectivity index (χ0v) is 9.67. The minimum atomic E-state index is 0.309. The lowest BCUT2D eigenvalue weighted by Gasteiger charge is -2.10. The lowest BCUT2D eigenvalue weighted by atomic mass is 9.79. The molecule has 0 rings (SSSR count). The maximum Gasteiger partial charge on any atom is 0.0699 e. The van der Waals surface area contributed by atoms with Gasteiger partial charge in [0, 0.05) is 6.61 Å². The molecule has 1 N–H and O–H groups in total. The van der Waals surface area contributed by atoms with Gasteiger partial charge in [-0.05, 0) is 6.42 Å². The van der Waals surface area contributed by atoms with E-state index in [1.54, 1.807) is 0 Å². The summed E-state index contributed by atoms with van der Waals surface area (Å²) in [7, 11) is 5.95. The first kappa shape index (κ1) is 14.0.